The summed E-state index contributed by atoms with van der Waals surface area (Å²) in [4.78, 5) is 39.1. The molecule has 0 spiro atoms. The summed E-state index contributed by atoms with van der Waals surface area (Å²) in [5.74, 6) is 0.338. The Morgan fingerprint density at radius 3 is 2.92 bits per heavy atom. The number of anilines is 1. The van der Waals surface area contributed by atoms with Gasteiger partial charge < -0.3 is 24.6 Å². The first kappa shape index (κ1) is 26.0. The molecule has 1 N–H and O–H groups in total. The number of rotatable bonds is 5. The smallest absolute Gasteiger partial charge is 0.254 e. The van der Waals surface area contributed by atoms with Crippen molar-refractivity contribution in [3.05, 3.63) is 64.8 Å². The van der Waals surface area contributed by atoms with Crippen LogP contribution in [0.15, 0.2) is 48.7 Å². The standard InChI is InChI=1S/C29H32ClN5O4/c1-29-9-3-2-4-21(29)17-34(10-13-39-29)25(36)18-35-16-20-6-5-19(14-23(20)27(35)37)26-24(30)15-31-28(33-26)32-22-7-11-38-12-8-22/h2-6,9,14-15,21-22H,7-8,10-13,16-18H2,1H3,(H,31,32,33). The Balaban J connectivity index is 1.15. The molecule has 2 saturated heterocycles. The van der Waals surface area contributed by atoms with E-state index < -0.39 is 5.60 Å². The molecule has 6 rings (SSSR count). The summed E-state index contributed by atoms with van der Waals surface area (Å²) in [5.41, 5.74) is 2.34. The molecule has 10 heteroatoms. The molecule has 39 heavy (non-hydrogen) atoms. The number of amides is 2. The largest absolute Gasteiger partial charge is 0.381 e. The molecular formula is C29H32ClN5O4. The fourth-order valence-electron chi connectivity index (χ4n) is 5.65. The molecule has 2 atom stereocenters. The minimum absolute atomic E-state index is 0.0271. The third-order valence-electron chi connectivity index (χ3n) is 8.05. The number of carbonyl (C=O) groups is 2. The summed E-state index contributed by atoms with van der Waals surface area (Å²) >= 11 is 6.48. The maximum absolute atomic E-state index is 13.4. The monoisotopic (exact) mass is 549 g/mol. The van der Waals surface area contributed by atoms with Crippen molar-refractivity contribution >= 4 is 29.4 Å². The highest BCUT2D eigenvalue weighted by Crippen LogP contribution is 2.33. The molecule has 4 heterocycles. The molecule has 204 valence electrons. The number of allylic oxidation sites excluding steroid dienone is 2. The van der Waals surface area contributed by atoms with Gasteiger partial charge in [-0.15, -0.1) is 0 Å². The van der Waals surface area contributed by atoms with Gasteiger partial charge in [0.15, 0.2) is 0 Å². The van der Waals surface area contributed by atoms with Crippen molar-refractivity contribution in [2.75, 3.05) is 44.8 Å². The van der Waals surface area contributed by atoms with E-state index in [0.717, 1.165) is 24.0 Å². The predicted molar refractivity (Wildman–Crippen MR) is 147 cm³/mol. The van der Waals surface area contributed by atoms with E-state index in [2.05, 4.69) is 34.4 Å². The Kier molecular flexibility index (Phi) is 7.14. The molecule has 0 radical (unpaired) electrons. The second-order valence-electron chi connectivity index (χ2n) is 10.7. The zero-order valence-corrected chi connectivity index (χ0v) is 22.7. The highest BCUT2D eigenvalue weighted by Gasteiger charge is 2.38. The Labute approximate surface area is 232 Å². The lowest BCUT2D eigenvalue weighted by atomic mass is 9.85. The van der Waals surface area contributed by atoms with Crippen LogP contribution in [0.25, 0.3) is 11.3 Å². The summed E-state index contributed by atoms with van der Waals surface area (Å²) in [6.45, 7) is 5.42. The lowest BCUT2D eigenvalue weighted by molar-refractivity contribution is -0.132. The molecule has 3 aliphatic heterocycles. The maximum Gasteiger partial charge on any atom is 0.254 e. The first-order chi connectivity index (χ1) is 18.9. The van der Waals surface area contributed by atoms with E-state index in [1.54, 1.807) is 11.1 Å². The lowest BCUT2D eigenvalue weighted by Gasteiger charge is -2.34. The first-order valence-electron chi connectivity index (χ1n) is 13.5. The van der Waals surface area contributed by atoms with E-state index in [-0.39, 0.29) is 30.3 Å². The normalized spacial score (nSPS) is 24.9. The third-order valence-corrected chi connectivity index (χ3v) is 8.33. The Bertz CT molecular complexity index is 1340. The van der Waals surface area contributed by atoms with Gasteiger partial charge in [0.25, 0.3) is 5.91 Å². The van der Waals surface area contributed by atoms with Crippen LogP contribution in [0.4, 0.5) is 5.95 Å². The highest BCUT2D eigenvalue weighted by atomic mass is 35.5. The van der Waals surface area contributed by atoms with Crippen LogP contribution in [0.2, 0.25) is 5.02 Å². The van der Waals surface area contributed by atoms with Gasteiger partial charge in [-0.05, 0) is 31.4 Å². The summed E-state index contributed by atoms with van der Waals surface area (Å²) < 4.78 is 11.5. The van der Waals surface area contributed by atoms with Crippen LogP contribution < -0.4 is 5.32 Å². The van der Waals surface area contributed by atoms with Crippen LogP contribution in [0, 0.1) is 5.92 Å². The van der Waals surface area contributed by atoms with Crippen molar-refractivity contribution in [3.63, 3.8) is 0 Å². The van der Waals surface area contributed by atoms with Crippen molar-refractivity contribution in [1.82, 2.24) is 19.8 Å². The maximum atomic E-state index is 13.4. The minimum atomic E-state index is -0.414. The SMILES string of the molecule is CC12C=CC=CC1CN(C(=O)CN1Cc3ccc(-c4nc(NC5CCOCC5)ncc4Cl)cc3C1=O)CCO2. The Hall–Kier alpha value is -3.27. The van der Waals surface area contributed by atoms with Crippen LogP contribution in [0.5, 0.6) is 0 Å². The van der Waals surface area contributed by atoms with E-state index in [1.807, 2.05) is 35.3 Å². The number of nitrogens with zero attached hydrogens (tertiary/aromatic N) is 4. The van der Waals surface area contributed by atoms with Gasteiger partial charge in [0, 0.05) is 55.9 Å². The van der Waals surface area contributed by atoms with Crippen LogP contribution >= 0.6 is 11.6 Å². The van der Waals surface area contributed by atoms with Crippen LogP contribution in [0.3, 0.4) is 0 Å². The zero-order valence-electron chi connectivity index (χ0n) is 21.9. The number of halogens is 1. The predicted octanol–water partition coefficient (Wildman–Crippen LogP) is 3.70. The summed E-state index contributed by atoms with van der Waals surface area (Å²) in [6.07, 6.45) is 11.5. The summed E-state index contributed by atoms with van der Waals surface area (Å²) in [6, 6.07) is 5.90. The van der Waals surface area contributed by atoms with Crippen LogP contribution in [-0.4, -0.2) is 82.7 Å². The van der Waals surface area contributed by atoms with Gasteiger partial charge in [-0.3, -0.25) is 9.59 Å². The van der Waals surface area contributed by atoms with Crippen molar-refractivity contribution in [2.45, 2.75) is 38.0 Å². The second-order valence-corrected chi connectivity index (χ2v) is 11.1. The number of hydrogen-bond acceptors (Lipinski definition) is 7. The van der Waals surface area contributed by atoms with Gasteiger partial charge in [-0.1, -0.05) is 48.0 Å². The molecule has 0 saturated carbocycles. The van der Waals surface area contributed by atoms with Crippen molar-refractivity contribution in [1.29, 1.82) is 0 Å². The molecule has 4 aliphatic rings. The Morgan fingerprint density at radius 2 is 2.08 bits per heavy atom. The van der Waals surface area contributed by atoms with Crippen molar-refractivity contribution < 1.29 is 19.1 Å². The molecule has 1 aromatic carbocycles. The average Bonchev–Trinajstić information content (AvgIpc) is 3.12. The van der Waals surface area contributed by atoms with E-state index in [9.17, 15) is 9.59 Å². The summed E-state index contributed by atoms with van der Waals surface area (Å²) in [5, 5.41) is 3.78. The average molecular weight is 550 g/mol. The minimum Gasteiger partial charge on any atom is -0.381 e. The molecule has 1 aliphatic carbocycles. The number of aromatic nitrogens is 2. The van der Waals surface area contributed by atoms with E-state index in [0.29, 0.717) is 61.7 Å². The zero-order chi connectivity index (χ0) is 27.0. The number of fused-ring (bicyclic) bond motifs is 2. The van der Waals surface area contributed by atoms with Gasteiger partial charge in [-0.2, -0.15) is 0 Å². The van der Waals surface area contributed by atoms with E-state index in [4.69, 9.17) is 21.1 Å². The Morgan fingerprint density at radius 1 is 1.23 bits per heavy atom. The molecule has 2 amide bonds. The number of hydrogen-bond donors (Lipinski definition) is 1. The molecule has 2 aromatic rings. The first-order valence-corrected chi connectivity index (χ1v) is 13.8. The van der Waals surface area contributed by atoms with Gasteiger partial charge in [0.1, 0.15) is 6.54 Å². The van der Waals surface area contributed by atoms with Gasteiger partial charge in [-0.25, -0.2) is 9.97 Å². The number of benzene rings is 1. The lowest BCUT2D eigenvalue weighted by Crippen LogP contribution is -2.44. The van der Waals surface area contributed by atoms with Crippen LogP contribution in [-0.2, 0) is 20.8 Å². The van der Waals surface area contributed by atoms with E-state index >= 15 is 0 Å². The third kappa shape index (κ3) is 5.31. The topological polar surface area (TPSA) is 96.9 Å². The van der Waals surface area contributed by atoms with Crippen LogP contribution in [0.1, 0.15) is 35.7 Å². The molecular weight excluding hydrogens is 518 g/mol. The molecule has 9 nitrogen and oxygen atoms in total. The molecule has 0 bridgehead atoms. The number of ether oxygens (including phenoxy) is 2. The fraction of sp³-hybridized carbons (Fsp3) is 0.448. The van der Waals surface area contributed by atoms with Gasteiger partial charge >= 0.3 is 0 Å². The second kappa shape index (κ2) is 10.7. The molecule has 2 unspecified atom stereocenters. The summed E-state index contributed by atoms with van der Waals surface area (Å²) in [7, 11) is 0. The fourth-order valence-corrected chi connectivity index (χ4v) is 5.85. The number of nitrogens with one attached hydrogen (secondary N) is 1. The van der Waals surface area contributed by atoms with E-state index in [1.165, 1.54) is 0 Å². The number of carbonyl (C=O) groups excluding carboxylic acids is 2. The molecule has 2 fully saturated rings. The quantitative estimate of drug-likeness (QED) is 0.607. The van der Waals surface area contributed by atoms with Crippen molar-refractivity contribution in [3.8, 4) is 11.3 Å². The van der Waals surface area contributed by atoms with Gasteiger partial charge in [0.2, 0.25) is 11.9 Å². The van der Waals surface area contributed by atoms with Gasteiger partial charge in [0.05, 0.1) is 29.1 Å². The molecule has 1 aromatic heterocycles. The highest BCUT2D eigenvalue weighted by molar-refractivity contribution is 6.33. The van der Waals surface area contributed by atoms with Crippen molar-refractivity contribution in [2.24, 2.45) is 5.92 Å².